The van der Waals surface area contributed by atoms with Crippen molar-refractivity contribution in [2.24, 2.45) is 0 Å². The van der Waals surface area contributed by atoms with Crippen molar-refractivity contribution < 1.29 is 14.3 Å². The van der Waals surface area contributed by atoms with E-state index in [0.717, 1.165) is 27.6 Å². The molecule has 4 nitrogen and oxygen atoms in total. The van der Waals surface area contributed by atoms with Crippen molar-refractivity contribution >= 4 is 21.8 Å². The number of hydrogen-bond donors (Lipinski definition) is 0. The van der Waals surface area contributed by atoms with Crippen LogP contribution in [0.1, 0.15) is 23.1 Å². The second kappa shape index (κ2) is 8.90. The lowest BCUT2D eigenvalue weighted by atomic mass is 10.1. The Morgan fingerprint density at radius 3 is 2.44 bits per heavy atom. The third-order valence-electron chi connectivity index (χ3n) is 4.19. The number of halogens is 1. The Kier molecular flexibility index (Phi) is 6.88. The highest BCUT2D eigenvalue weighted by atomic mass is 79.9. The Morgan fingerprint density at radius 2 is 1.80 bits per heavy atom. The number of aryl methyl sites for hydroxylation is 2. The number of carbonyl (C=O) groups is 1. The lowest BCUT2D eigenvalue weighted by Crippen LogP contribution is -2.26. The second-order valence-electron chi connectivity index (χ2n) is 6.01. The average Bonchev–Trinajstić information content (AvgIpc) is 2.60. The maximum absolute atomic E-state index is 12.5. The summed E-state index contributed by atoms with van der Waals surface area (Å²) in [5, 5.41) is 0. The van der Waals surface area contributed by atoms with Gasteiger partial charge < -0.3 is 14.4 Å². The molecule has 2 aromatic rings. The summed E-state index contributed by atoms with van der Waals surface area (Å²) in [5.41, 5.74) is 3.28. The Hall–Kier alpha value is -2.01. The number of hydrogen-bond acceptors (Lipinski definition) is 3. The maximum Gasteiger partial charge on any atom is 0.222 e. The highest BCUT2D eigenvalue weighted by Gasteiger charge is 2.14. The fourth-order valence-corrected chi connectivity index (χ4v) is 3.12. The summed E-state index contributed by atoms with van der Waals surface area (Å²) < 4.78 is 11.7. The molecule has 0 unspecified atom stereocenters. The second-order valence-corrected chi connectivity index (χ2v) is 6.93. The first kappa shape index (κ1) is 19.3. The molecule has 0 aromatic heterocycles. The Labute approximate surface area is 157 Å². The molecule has 0 radical (unpaired) electrons. The molecule has 0 saturated heterocycles. The van der Waals surface area contributed by atoms with Gasteiger partial charge in [-0.15, -0.1) is 0 Å². The van der Waals surface area contributed by atoms with Crippen LogP contribution in [0.15, 0.2) is 40.9 Å². The number of nitrogens with zero attached hydrogens (tertiary/aromatic N) is 1. The van der Waals surface area contributed by atoms with Crippen LogP contribution in [-0.2, 0) is 17.8 Å². The van der Waals surface area contributed by atoms with Crippen molar-refractivity contribution in [2.75, 3.05) is 21.3 Å². The van der Waals surface area contributed by atoms with Gasteiger partial charge in [-0.2, -0.15) is 0 Å². The average molecular weight is 406 g/mol. The van der Waals surface area contributed by atoms with Crippen molar-refractivity contribution in [1.29, 1.82) is 0 Å². The van der Waals surface area contributed by atoms with Crippen LogP contribution in [0.5, 0.6) is 11.5 Å². The molecule has 0 aliphatic rings. The van der Waals surface area contributed by atoms with Crippen molar-refractivity contribution in [3.05, 3.63) is 57.6 Å². The largest absolute Gasteiger partial charge is 0.493 e. The van der Waals surface area contributed by atoms with Crippen molar-refractivity contribution in [2.45, 2.75) is 26.3 Å². The molecule has 1 amide bonds. The monoisotopic (exact) mass is 405 g/mol. The van der Waals surface area contributed by atoms with E-state index in [9.17, 15) is 4.79 Å². The highest BCUT2D eigenvalue weighted by Crippen LogP contribution is 2.30. The van der Waals surface area contributed by atoms with Gasteiger partial charge in [-0.3, -0.25) is 4.79 Å². The Bertz CT molecular complexity index is 746. The van der Waals surface area contributed by atoms with Gasteiger partial charge >= 0.3 is 0 Å². The van der Waals surface area contributed by atoms with Gasteiger partial charge in [-0.05, 0) is 54.3 Å². The third-order valence-corrected chi connectivity index (χ3v) is 4.69. The molecule has 0 fully saturated rings. The molecule has 0 bridgehead atoms. The first-order valence-corrected chi connectivity index (χ1v) is 8.93. The van der Waals surface area contributed by atoms with E-state index in [1.165, 1.54) is 0 Å². The minimum absolute atomic E-state index is 0.120. The van der Waals surface area contributed by atoms with E-state index in [1.807, 2.05) is 50.4 Å². The van der Waals surface area contributed by atoms with Crippen LogP contribution < -0.4 is 9.47 Å². The highest BCUT2D eigenvalue weighted by molar-refractivity contribution is 9.10. The van der Waals surface area contributed by atoms with Gasteiger partial charge in [0.1, 0.15) is 0 Å². The molecule has 0 aliphatic carbocycles. The topological polar surface area (TPSA) is 38.8 Å². The standard InChI is InChI=1S/C20H24BrNO3/c1-14-10-18(24-3)19(25-4)12-16(14)13-22(2)20(23)9-8-15-6-5-7-17(21)11-15/h5-7,10-12H,8-9,13H2,1-4H3. The van der Waals surface area contributed by atoms with Crippen LogP contribution in [0.4, 0.5) is 0 Å². The van der Waals surface area contributed by atoms with Crippen molar-refractivity contribution in [3.63, 3.8) is 0 Å². The summed E-state index contributed by atoms with van der Waals surface area (Å²) in [5.74, 6) is 1.50. The van der Waals surface area contributed by atoms with Crippen molar-refractivity contribution in [1.82, 2.24) is 4.90 Å². The van der Waals surface area contributed by atoms with E-state index in [4.69, 9.17) is 9.47 Å². The Morgan fingerprint density at radius 1 is 1.12 bits per heavy atom. The summed E-state index contributed by atoms with van der Waals surface area (Å²) in [6.45, 7) is 2.56. The molecule has 0 N–H and O–H groups in total. The van der Waals surface area contributed by atoms with Crippen LogP contribution in [0.2, 0.25) is 0 Å². The summed E-state index contributed by atoms with van der Waals surface area (Å²) >= 11 is 3.46. The molecule has 0 atom stereocenters. The minimum Gasteiger partial charge on any atom is -0.493 e. The summed E-state index contributed by atoms with van der Waals surface area (Å²) in [6, 6.07) is 11.9. The molecule has 5 heteroatoms. The number of amides is 1. The summed E-state index contributed by atoms with van der Waals surface area (Å²) in [6.07, 6.45) is 1.22. The molecule has 2 aromatic carbocycles. The van der Waals surface area contributed by atoms with E-state index < -0.39 is 0 Å². The summed E-state index contributed by atoms with van der Waals surface area (Å²) in [7, 11) is 5.07. The molecule has 0 saturated carbocycles. The van der Waals surface area contributed by atoms with Crippen molar-refractivity contribution in [3.8, 4) is 11.5 Å². The van der Waals surface area contributed by atoms with Crippen LogP contribution in [-0.4, -0.2) is 32.1 Å². The maximum atomic E-state index is 12.5. The number of ether oxygens (including phenoxy) is 2. The predicted octanol–water partition coefficient (Wildman–Crippen LogP) is 4.37. The molecular weight excluding hydrogens is 382 g/mol. The molecule has 2 rings (SSSR count). The van der Waals surface area contributed by atoms with Crippen LogP contribution >= 0.6 is 15.9 Å². The van der Waals surface area contributed by atoms with Crippen LogP contribution in [0.3, 0.4) is 0 Å². The molecular formula is C20H24BrNO3. The molecule has 134 valence electrons. The zero-order valence-corrected chi connectivity index (χ0v) is 16.7. The fraction of sp³-hybridized carbons (Fsp3) is 0.350. The predicted molar refractivity (Wildman–Crippen MR) is 103 cm³/mol. The van der Waals surface area contributed by atoms with Gasteiger partial charge in [0.05, 0.1) is 14.2 Å². The van der Waals surface area contributed by atoms with Gasteiger partial charge in [0.15, 0.2) is 11.5 Å². The van der Waals surface area contributed by atoms with Crippen LogP contribution in [0, 0.1) is 6.92 Å². The van der Waals surface area contributed by atoms with E-state index in [0.29, 0.717) is 24.5 Å². The quantitative estimate of drug-likeness (QED) is 0.686. The van der Waals surface area contributed by atoms with Gasteiger partial charge in [0, 0.05) is 24.5 Å². The zero-order chi connectivity index (χ0) is 18.4. The zero-order valence-electron chi connectivity index (χ0n) is 15.1. The number of carbonyl (C=O) groups excluding carboxylic acids is 1. The van der Waals surface area contributed by atoms with E-state index in [1.54, 1.807) is 19.1 Å². The van der Waals surface area contributed by atoms with E-state index in [2.05, 4.69) is 15.9 Å². The lowest BCUT2D eigenvalue weighted by Gasteiger charge is -2.20. The van der Waals surface area contributed by atoms with Gasteiger partial charge in [-0.1, -0.05) is 28.1 Å². The van der Waals surface area contributed by atoms with Gasteiger partial charge in [-0.25, -0.2) is 0 Å². The first-order chi connectivity index (χ1) is 11.9. The smallest absolute Gasteiger partial charge is 0.222 e. The molecule has 25 heavy (non-hydrogen) atoms. The summed E-state index contributed by atoms with van der Waals surface area (Å²) in [4.78, 5) is 14.2. The van der Waals surface area contributed by atoms with E-state index >= 15 is 0 Å². The number of benzene rings is 2. The molecule has 0 spiro atoms. The fourth-order valence-electron chi connectivity index (χ4n) is 2.67. The molecule has 0 aliphatic heterocycles. The number of rotatable bonds is 7. The van der Waals surface area contributed by atoms with Gasteiger partial charge in [0.25, 0.3) is 0 Å². The SMILES string of the molecule is COc1cc(C)c(CN(C)C(=O)CCc2cccc(Br)c2)cc1OC. The molecule has 0 heterocycles. The first-order valence-electron chi connectivity index (χ1n) is 8.14. The normalized spacial score (nSPS) is 10.4. The third kappa shape index (κ3) is 5.23. The lowest BCUT2D eigenvalue weighted by molar-refractivity contribution is -0.130. The van der Waals surface area contributed by atoms with Gasteiger partial charge in [0.2, 0.25) is 5.91 Å². The van der Waals surface area contributed by atoms with E-state index in [-0.39, 0.29) is 5.91 Å². The Balaban J connectivity index is 2.01. The minimum atomic E-state index is 0.120. The van der Waals surface area contributed by atoms with Crippen LogP contribution in [0.25, 0.3) is 0 Å². The number of methoxy groups -OCH3 is 2.